The molecule has 1 aromatic heterocycles. The van der Waals surface area contributed by atoms with Crippen LogP contribution in [0.25, 0.3) is 0 Å². The molecule has 1 spiro atoms. The molecule has 0 bridgehead atoms. The van der Waals surface area contributed by atoms with Crippen LogP contribution in [0.2, 0.25) is 0 Å². The fourth-order valence-corrected chi connectivity index (χ4v) is 4.42. The zero-order valence-electron chi connectivity index (χ0n) is 15.2. The van der Waals surface area contributed by atoms with Crippen LogP contribution in [0.15, 0.2) is 35.5 Å². The summed E-state index contributed by atoms with van der Waals surface area (Å²) < 4.78 is 5.74. The zero-order valence-corrected chi connectivity index (χ0v) is 15.2. The maximum atomic E-state index is 13.3. The number of nitrogens with zero attached hydrogens (tertiary/aromatic N) is 3. The fraction of sp³-hybridized carbons (Fsp3) is 0.550. The van der Waals surface area contributed by atoms with Gasteiger partial charge in [-0.25, -0.2) is 9.78 Å². The van der Waals surface area contributed by atoms with E-state index >= 15 is 0 Å². The second-order valence-electron chi connectivity index (χ2n) is 7.41. The van der Waals surface area contributed by atoms with Gasteiger partial charge >= 0.3 is 5.97 Å². The Kier molecular flexibility index (Phi) is 4.42. The molecule has 0 atom stereocenters. The van der Waals surface area contributed by atoms with E-state index in [2.05, 4.69) is 9.88 Å². The smallest absolute Gasteiger partial charge is 0.335 e. The van der Waals surface area contributed by atoms with E-state index < -0.39 is 5.60 Å². The molecule has 3 heterocycles. The Morgan fingerprint density at radius 1 is 1.12 bits per heavy atom. The van der Waals surface area contributed by atoms with E-state index in [0.29, 0.717) is 24.2 Å². The number of pyridine rings is 1. The van der Waals surface area contributed by atoms with Crippen molar-refractivity contribution in [2.45, 2.75) is 44.6 Å². The minimum atomic E-state index is -0.672. The van der Waals surface area contributed by atoms with Crippen molar-refractivity contribution in [3.8, 4) is 0 Å². The third-order valence-corrected chi connectivity index (χ3v) is 5.84. The van der Waals surface area contributed by atoms with Crippen molar-refractivity contribution in [2.24, 2.45) is 0 Å². The highest BCUT2D eigenvalue weighted by Gasteiger charge is 2.50. The first-order chi connectivity index (χ1) is 12.6. The third kappa shape index (κ3) is 2.87. The summed E-state index contributed by atoms with van der Waals surface area (Å²) in [6.45, 7) is 4.50. The average molecular weight is 355 g/mol. The summed E-state index contributed by atoms with van der Waals surface area (Å²) in [4.78, 5) is 33.9. The first-order valence-corrected chi connectivity index (χ1v) is 9.51. The number of anilines is 1. The molecular formula is C20H25N3O3. The van der Waals surface area contributed by atoms with Gasteiger partial charge in [0.15, 0.2) is 0 Å². The number of hydrogen-bond acceptors (Lipinski definition) is 5. The number of aromatic nitrogens is 1. The van der Waals surface area contributed by atoms with Gasteiger partial charge < -0.3 is 14.5 Å². The van der Waals surface area contributed by atoms with Crippen LogP contribution in [-0.4, -0.2) is 53.5 Å². The SMILES string of the molecule is CC1=C(C(=O)N2CCN(c3ccccn3)CC2)C2(CCCCC2)OC1=O. The lowest BCUT2D eigenvalue weighted by molar-refractivity contribution is -0.150. The molecule has 4 rings (SSSR count). The van der Waals surface area contributed by atoms with Crippen molar-refractivity contribution >= 4 is 17.7 Å². The molecule has 138 valence electrons. The Balaban J connectivity index is 1.50. The Morgan fingerprint density at radius 3 is 2.50 bits per heavy atom. The van der Waals surface area contributed by atoms with Gasteiger partial charge in [0.25, 0.3) is 5.91 Å². The van der Waals surface area contributed by atoms with Crippen molar-refractivity contribution < 1.29 is 14.3 Å². The van der Waals surface area contributed by atoms with Gasteiger partial charge in [-0.05, 0) is 44.7 Å². The average Bonchev–Trinajstić information content (AvgIpc) is 2.92. The molecule has 6 nitrogen and oxygen atoms in total. The molecule has 0 radical (unpaired) electrons. The van der Waals surface area contributed by atoms with Crippen LogP contribution in [0.4, 0.5) is 5.82 Å². The minimum absolute atomic E-state index is 0.0177. The molecule has 2 fully saturated rings. The van der Waals surface area contributed by atoms with Gasteiger partial charge in [0.2, 0.25) is 0 Å². The zero-order chi connectivity index (χ0) is 18.1. The van der Waals surface area contributed by atoms with Gasteiger partial charge in [0.1, 0.15) is 11.4 Å². The molecule has 1 aromatic rings. The molecule has 1 aliphatic carbocycles. The number of esters is 1. The molecule has 0 N–H and O–H groups in total. The van der Waals surface area contributed by atoms with Crippen LogP contribution in [-0.2, 0) is 14.3 Å². The van der Waals surface area contributed by atoms with Gasteiger partial charge in [-0.1, -0.05) is 12.5 Å². The predicted molar refractivity (Wildman–Crippen MR) is 97.6 cm³/mol. The number of carbonyl (C=O) groups excluding carboxylic acids is 2. The van der Waals surface area contributed by atoms with Crippen molar-refractivity contribution in [1.82, 2.24) is 9.88 Å². The van der Waals surface area contributed by atoms with Crippen LogP contribution >= 0.6 is 0 Å². The fourth-order valence-electron chi connectivity index (χ4n) is 4.42. The summed E-state index contributed by atoms with van der Waals surface area (Å²) in [7, 11) is 0. The standard InChI is InChI=1S/C20H25N3O3/c1-15-17(20(26-19(15)25)8-4-2-5-9-20)18(24)23-13-11-22(12-14-23)16-7-3-6-10-21-16/h3,6-7,10H,2,4-5,8-9,11-14H2,1H3. The van der Waals surface area contributed by atoms with Crippen LogP contribution in [0, 0.1) is 0 Å². The second-order valence-corrected chi connectivity index (χ2v) is 7.41. The van der Waals surface area contributed by atoms with Gasteiger partial charge in [-0.3, -0.25) is 4.79 Å². The quantitative estimate of drug-likeness (QED) is 0.762. The first-order valence-electron chi connectivity index (χ1n) is 9.51. The number of hydrogen-bond donors (Lipinski definition) is 0. The molecule has 0 aromatic carbocycles. The lowest BCUT2D eigenvalue weighted by atomic mass is 9.78. The summed E-state index contributed by atoms with van der Waals surface area (Å²) in [6, 6.07) is 5.87. The van der Waals surface area contributed by atoms with Crippen LogP contribution in [0.5, 0.6) is 0 Å². The molecule has 2 aliphatic heterocycles. The Hall–Kier alpha value is -2.37. The number of amides is 1. The van der Waals surface area contributed by atoms with Gasteiger partial charge in [-0.2, -0.15) is 0 Å². The van der Waals surface area contributed by atoms with E-state index in [1.165, 1.54) is 0 Å². The molecule has 1 amide bonds. The van der Waals surface area contributed by atoms with Crippen LogP contribution in [0.1, 0.15) is 39.0 Å². The monoisotopic (exact) mass is 355 g/mol. The highest BCUT2D eigenvalue weighted by Crippen LogP contribution is 2.44. The maximum absolute atomic E-state index is 13.3. The minimum Gasteiger partial charge on any atom is -0.451 e. The summed E-state index contributed by atoms with van der Waals surface area (Å²) in [5.74, 6) is 0.608. The number of carbonyl (C=O) groups is 2. The Labute approximate surface area is 153 Å². The van der Waals surface area contributed by atoms with Crippen LogP contribution < -0.4 is 4.90 Å². The molecule has 3 aliphatic rings. The van der Waals surface area contributed by atoms with E-state index in [0.717, 1.165) is 51.0 Å². The predicted octanol–water partition coefficient (Wildman–Crippen LogP) is 2.31. The molecule has 26 heavy (non-hydrogen) atoms. The van der Waals surface area contributed by atoms with E-state index in [4.69, 9.17) is 4.74 Å². The lowest BCUT2D eigenvalue weighted by Crippen LogP contribution is -2.51. The highest BCUT2D eigenvalue weighted by atomic mass is 16.6. The molecule has 1 saturated heterocycles. The van der Waals surface area contributed by atoms with E-state index in [-0.39, 0.29) is 11.9 Å². The summed E-state index contributed by atoms with van der Waals surface area (Å²) >= 11 is 0. The van der Waals surface area contributed by atoms with Gasteiger partial charge in [-0.15, -0.1) is 0 Å². The normalized spacial score (nSPS) is 22.7. The lowest BCUT2D eigenvalue weighted by Gasteiger charge is -2.39. The highest BCUT2D eigenvalue weighted by molar-refractivity contribution is 6.07. The molecule has 0 unspecified atom stereocenters. The molecular weight excluding hydrogens is 330 g/mol. The Morgan fingerprint density at radius 2 is 1.85 bits per heavy atom. The summed E-state index contributed by atoms with van der Waals surface area (Å²) in [5.41, 5.74) is 0.451. The topological polar surface area (TPSA) is 62.7 Å². The van der Waals surface area contributed by atoms with Crippen molar-refractivity contribution in [1.29, 1.82) is 0 Å². The largest absolute Gasteiger partial charge is 0.451 e. The first kappa shape index (κ1) is 17.1. The summed E-state index contributed by atoms with van der Waals surface area (Å²) in [6.07, 6.45) is 6.48. The molecule has 6 heteroatoms. The molecule has 1 saturated carbocycles. The van der Waals surface area contributed by atoms with Crippen molar-refractivity contribution in [3.63, 3.8) is 0 Å². The Bertz CT molecular complexity index is 730. The maximum Gasteiger partial charge on any atom is 0.335 e. The summed E-state index contributed by atoms with van der Waals surface area (Å²) in [5, 5.41) is 0. The van der Waals surface area contributed by atoms with E-state index in [1.807, 2.05) is 23.1 Å². The van der Waals surface area contributed by atoms with Gasteiger partial charge in [0.05, 0.1) is 5.57 Å². The van der Waals surface area contributed by atoms with Crippen LogP contribution in [0.3, 0.4) is 0 Å². The number of piperazine rings is 1. The number of ether oxygens (including phenoxy) is 1. The van der Waals surface area contributed by atoms with Crippen molar-refractivity contribution in [2.75, 3.05) is 31.1 Å². The van der Waals surface area contributed by atoms with E-state index in [9.17, 15) is 9.59 Å². The van der Waals surface area contributed by atoms with Gasteiger partial charge in [0, 0.05) is 37.9 Å². The van der Waals surface area contributed by atoms with E-state index in [1.54, 1.807) is 13.1 Å². The second kappa shape index (κ2) is 6.74. The third-order valence-electron chi connectivity index (χ3n) is 5.84. The van der Waals surface area contributed by atoms with Crippen molar-refractivity contribution in [3.05, 3.63) is 35.5 Å². The number of rotatable bonds is 2.